The Morgan fingerprint density at radius 2 is 2.00 bits per heavy atom. The van der Waals surface area contributed by atoms with E-state index in [0.717, 1.165) is 31.0 Å². The molecule has 100 valence electrons. The van der Waals surface area contributed by atoms with E-state index < -0.39 is 0 Å². The van der Waals surface area contributed by atoms with Gasteiger partial charge in [0.1, 0.15) is 12.1 Å². The van der Waals surface area contributed by atoms with Crippen molar-refractivity contribution in [2.75, 3.05) is 25.0 Å². The maximum atomic E-state index is 11.8. The molecule has 0 aliphatic carbocycles. The number of nitrogens with zero attached hydrogens (tertiary/aromatic N) is 3. The highest BCUT2D eigenvalue weighted by Gasteiger charge is 2.08. The van der Waals surface area contributed by atoms with Crippen LogP contribution in [0.4, 0.5) is 5.82 Å². The SMILES string of the molecule is CCc1cc(NCCC(=O)N(CC)CC)ncn1. The third-order valence-corrected chi connectivity index (χ3v) is 2.85. The third-order valence-electron chi connectivity index (χ3n) is 2.85. The van der Waals surface area contributed by atoms with Gasteiger partial charge in [-0.25, -0.2) is 9.97 Å². The van der Waals surface area contributed by atoms with E-state index in [9.17, 15) is 4.79 Å². The fourth-order valence-corrected chi connectivity index (χ4v) is 1.72. The summed E-state index contributed by atoms with van der Waals surface area (Å²) in [6, 6.07) is 1.92. The second kappa shape index (κ2) is 7.63. The van der Waals surface area contributed by atoms with Crippen molar-refractivity contribution in [2.24, 2.45) is 0 Å². The van der Waals surface area contributed by atoms with Crippen molar-refractivity contribution in [3.05, 3.63) is 18.1 Å². The predicted molar refractivity (Wildman–Crippen MR) is 72.4 cm³/mol. The van der Waals surface area contributed by atoms with Crippen LogP contribution >= 0.6 is 0 Å². The Morgan fingerprint density at radius 1 is 1.28 bits per heavy atom. The summed E-state index contributed by atoms with van der Waals surface area (Å²) < 4.78 is 0. The van der Waals surface area contributed by atoms with Gasteiger partial charge < -0.3 is 10.2 Å². The van der Waals surface area contributed by atoms with Crippen LogP contribution in [0.15, 0.2) is 12.4 Å². The Morgan fingerprint density at radius 3 is 2.61 bits per heavy atom. The van der Waals surface area contributed by atoms with Gasteiger partial charge in [0, 0.05) is 37.8 Å². The Hall–Kier alpha value is -1.65. The molecule has 1 heterocycles. The van der Waals surface area contributed by atoms with Gasteiger partial charge in [-0.15, -0.1) is 0 Å². The first-order chi connectivity index (χ1) is 8.71. The molecule has 1 amide bonds. The van der Waals surface area contributed by atoms with E-state index in [1.165, 1.54) is 0 Å². The molecule has 5 heteroatoms. The zero-order chi connectivity index (χ0) is 13.4. The molecule has 5 nitrogen and oxygen atoms in total. The van der Waals surface area contributed by atoms with Crippen LogP contribution in [-0.2, 0) is 11.2 Å². The lowest BCUT2D eigenvalue weighted by molar-refractivity contribution is -0.130. The Kier molecular flexibility index (Phi) is 6.11. The van der Waals surface area contributed by atoms with Gasteiger partial charge in [-0.05, 0) is 20.3 Å². The standard InChI is InChI=1S/C13H22N4O/c1-4-11-9-12(16-10-15-11)14-8-7-13(18)17(5-2)6-3/h9-10H,4-8H2,1-3H3,(H,14,15,16). The number of aromatic nitrogens is 2. The number of hydrogen-bond acceptors (Lipinski definition) is 4. The van der Waals surface area contributed by atoms with Gasteiger partial charge in [0.15, 0.2) is 0 Å². The van der Waals surface area contributed by atoms with E-state index in [2.05, 4.69) is 22.2 Å². The fourth-order valence-electron chi connectivity index (χ4n) is 1.72. The zero-order valence-corrected chi connectivity index (χ0v) is 11.4. The molecule has 1 rings (SSSR count). The molecule has 0 saturated carbocycles. The maximum Gasteiger partial charge on any atom is 0.224 e. The molecule has 0 atom stereocenters. The summed E-state index contributed by atoms with van der Waals surface area (Å²) >= 11 is 0. The van der Waals surface area contributed by atoms with Gasteiger partial charge in [-0.3, -0.25) is 4.79 Å². The topological polar surface area (TPSA) is 58.1 Å². The van der Waals surface area contributed by atoms with Gasteiger partial charge in [0.2, 0.25) is 5.91 Å². The van der Waals surface area contributed by atoms with Crippen LogP contribution in [0.1, 0.15) is 32.9 Å². The molecular formula is C13H22N4O. The zero-order valence-electron chi connectivity index (χ0n) is 11.4. The number of rotatable bonds is 7. The maximum absolute atomic E-state index is 11.8. The molecule has 0 fully saturated rings. The van der Waals surface area contributed by atoms with Crippen molar-refractivity contribution in [3.8, 4) is 0 Å². The molecular weight excluding hydrogens is 228 g/mol. The Bertz CT molecular complexity index is 377. The number of nitrogens with one attached hydrogen (secondary N) is 1. The van der Waals surface area contributed by atoms with E-state index in [1.807, 2.05) is 24.8 Å². The molecule has 1 aromatic rings. The monoisotopic (exact) mass is 250 g/mol. The number of hydrogen-bond donors (Lipinski definition) is 1. The van der Waals surface area contributed by atoms with E-state index in [4.69, 9.17) is 0 Å². The van der Waals surface area contributed by atoms with Crippen molar-refractivity contribution in [1.29, 1.82) is 0 Å². The minimum atomic E-state index is 0.178. The second-order valence-electron chi connectivity index (χ2n) is 3.99. The molecule has 0 unspecified atom stereocenters. The average molecular weight is 250 g/mol. The quantitative estimate of drug-likeness (QED) is 0.800. The molecule has 1 aromatic heterocycles. The number of anilines is 1. The molecule has 0 bridgehead atoms. The average Bonchev–Trinajstić information content (AvgIpc) is 2.40. The fraction of sp³-hybridized carbons (Fsp3) is 0.615. The summed E-state index contributed by atoms with van der Waals surface area (Å²) in [6.07, 6.45) is 2.93. The Labute approximate surface area is 109 Å². The number of aryl methyl sites for hydroxylation is 1. The van der Waals surface area contributed by atoms with Gasteiger partial charge in [-0.1, -0.05) is 6.92 Å². The minimum Gasteiger partial charge on any atom is -0.369 e. The largest absolute Gasteiger partial charge is 0.369 e. The van der Waals surface area contributed by atoms with Crippen LogP contribution in [0, 0.1) is 0 Å². The summed E-state index contributed by atoms with van der Waals surface area (Å²) in [7, 11) is 0. The van der Waals surface area contributed by atoms with Crippen LogP contribution < -0.4 is 5.32 Å². The van der Waals surface area contributed by atoms with Crippen LogP contribution in [0.2, 0.25) is 0 Å². The number of carbonyl (C=O) groups excluding carboxylic acids is 1. The van der Waals surface area contributed by atoms with Gasteiger partial charge in [0.05, 0.1) is 0 Å². The Balaban J connectivity index is 2.39. The summed E-state index contributed by atoms with van der Waals surface area (Å²) in [5, 5.41) is 3.15. The molecule has 0 aliphatic heterocycles. The first-order valence-corrected chi connectivity index (χ1v) is 6.53. The van der Waals surface area contributed by atoms with Crippen LogP contribution in [0.25, 0.3) is 0 Å². The lowest BCUT2D eigenvalue weighted by atomic mass is 10.3. The highest BCUT2D eigenvalue weighted by atomic mass is 16.2. The van der Waals surface area contributed by atoms with Crippen LogP contribution in [0.5, 0.6) is 0 Å². The van der Waals surface area contributed by atoms with Crippen molar-refractivity contribution in [3.63, 3.8) is 0 Å². The highest BCUT2D eigenvalue weighted by Crippen LogP contribution is 2.04. The van der Waals surface area contributed by atoms with Crippen molar-refractivity contribution in [1.82, 2.24) is 14.9 Å². The molecule has 0 spiro atoms. The normalized spacial score (nSPS) is 10.2. The first kappa shape index (κ1) is 14.4. The summed E-state index contributed by atoms with van der Waals surface area (Å²) in [5.41, 5.74) is 1.00. The van der Waals surface area contributed by atoms with Crippen LogP contribution in [0.3, 0.4) is 0 Å². The summed E-state index contributed by atoms with van der Waals surface area (Å²) in [6.45, 7) is 8.18. The number of amides is 1. The van der Waals surface area contributed by atoms with E-state index in [0.29, 0.717) is 13.0 Å². The van der Waals surface area contributed by atoms with Gasteiger partial charge in [-0.2, -0.15) is 0 Å². The van der Waals surface area contributed by atoms with Crippen molar-refractivity contribution in [2.45, 2.75) is 33.6 Å². The van der Waals surface area contributed by atoms with Crippen LogP contribution in [-0.4, -0.2) is 40.4 Å². The molecule has 0 radical (unpaired) electrons. The van der Waals surface area contributed by atoms with E-state index in [-0.39, 0.29) is 5.91 Å². The molecule has 1 N–H and O–H groups in total. The molecule has 0 saturated heterocycles. The molecule has 0 aliphatic rings. The predicted octanol–water partition coefficient (Wildman–Crippen LogP) is 1.71. The van der Waals surface area contributed by atoms with Crippen molar-refractivity contribution < 1.29 is 4.79 Å². The smallest absolute Gasteiger partial charge is 0.224 e. The van der Waals surface area contributed by atoms with Gasteiger partial charge >= 0.3 is 0 Å². The lowest BCUT2D eigenvalue weighted by Gasteiger charge is -2.18. The van der Waals surface area contributed by atoms with Gasteiger partial charge in [0.25, 0.3) is 0 Å². The highest BCUT2D eigenvalue weighted by molar-refractivity contribution is 5.76. The lowest BCUT2D eigenvalue weighted by Crippen LogP contribution is -2.31. The molecule has 0 aromatic carbocycles. The van der Waals surface area contributed by atoms with E-state index >= 15 is 0 Å². The van der Waals surface area contributed by atoms with E-state index in [1.54, 1.807) is 6.33 Å². The summed E-state index contributed by atoms with van der Waals surface area (Å²) in [4.78, 5) is 21.9. The van der Waals surface area contributed by atoms with Crippen molar-refractivity contribution >= 4 is 11.7 Å². The second-order valence-corrected chi connectivity index (χ2v) is 3.99. The summed E-state index contributed by atoms with van der Waals surface area (Å²) in [5.74, 6) is 0.964. The third kappa shape index (κ3) is 4.31. The minimum absolute atomic E-state index is 0.178. The number of carbonyl (C=O) groups is 1. The molecule has 18 heavy (non-hydrogen) atoms. The first-order valence-electron chi connectivity index (χ1n) is 6.53.